The Bertz CT molecular complexity index is 419. The van der Waals surface area contributed by atoms with Crippen LogP contribution in [0.15, 0.2) is 18.2 Å². The van der Waals surface area contributed by atoms with E-state index in [0.717, 1.165) is 30.7 Å². The Hall–Kier alpha value is -0.240. The molecule has 1 aromatic carbocycles. The lowest BCUT2D eigenvalue weighted by Gasteiger charge is -2.38. The van der Waals surface area contributed by atoms with Crippen molar-refractivity contribution in [1.29, 1.82) is 0 Å². The number of hydrogen-bond acceptors (Lipinski definition) is 1. The van der Waals surface area contributed by atoms with Crippen molar-refractivity contribution in [2.24, 2.45) is 11.7 Å². The molecule has 0 saturated heterocycles. The highest BCUT2D eigenvalue weighted by atomic mass is 35.5. The topological polar surface area (TPSA) is 26.0 Å². The van der Waals surface area contributed by atoms with Crippen molar-refractivity contribution < 1.29 is 0 Å². The van der Waals surface area contributed by atoms with Gasteiger partial charge in [-0.2, -0.15) is 0 Å². The number of halogens is 2. The summed E-state index contributed by atoms with van der Waals surface area (Å²) in [5.74, 6) is 0.765. The lowest BCUT2D eigenvalue weighted by atomic mass is 9.72. The molecule has 1 aromatic rings. The Labute approximate surface area is 120 Å². The van der Waals surface area contributed by atoms with Crippen LogP contribution in [-0.2, 0) is 6.42 Å². The van der Waals surface area contributed by atoms with Crippen LogP contribution in [0.3, 0.4) is 0 Å². The molecule has 18 heavy (non-hydrogen) atoms. The van der Waals surface area contributed by atoms with Crippen molar-refractivity contribution in [2.45, 2.75) is 51.0 Å². The summed E-state index contributed by atoms with van der Waals surface area (Å²) in [5, 5.41) is 1.29. The van der Waals surface area contributed by atoms with E-state index in [2.05, 4.69) is 6.92 Å². The second-order valence-corrected chi connectivity index (χ2v) is 6.41. The molecule has 0 amide bonds. The van der Waals surface area contributed by atoms with Crippen LogP contribution < -0.4 is 5.73 Å². The Balaban J connectivity index is 2.14. The van der Waals surface area contributed by atoms with E-state index in [1.165, 1.54) is 19.3 Å². The van der Waals surface area contributed by atoms with E-state index in [1.807, 2.05) is 18.2 Å². The van der Waals surface area contributed by atoms with Gasteiger partial charge in [0.05, 0.1) is 10.0 Å². The third-order valence-electron chi connectivity index (χ3n) is 4.13. The smallest absolute Gasteiger partial charge is 0.0624 e. The first-order chi connectivity index (χ1) is 8.54. The van der Waals surface area contributed by atoms with Crippen LogP contribution in [0, 0.1) is 5.92 Å². The Morgan fingerprint density at radius 2 is 2.17 bits per heavy atom. The largest absolute Gasteiger partial charge is 0.325 e. The summed E-state index contributed by atoms with van der Waals surface area (Å²) in [4.78, 5) is 0. The fourth-order valence-electron chi connectivity index (χ4n) is 3.10. The van der Waals surface area contributed by atoms with E-state index in [0.29, 0.717) is 10.0 Å². The highest BCUT2D eigenvalue weighted by Crippen LogP contribution is 2.37. The van der Waals surface area contributed by atoms with Crippen LogP contribution in [-0.4, -0.2) is 5.54 Å². The number of rotatable bonds is 3. The Morgan fingerprint density at radius 1 is 1.39 bits per heavy atom. The minimum atomic E-state index is -0.104. The van der Waals surface area contributed by atoms with Gasteiger partial charge in [-0.25, -0.2) is 0 Å². The quantitative estimate of drug-likeness (QED) is 0.845. The second-order valence-electron chi connectivity index (χ2n) is 5.62. The van der Waals surface area contributed by atoms with E-state index in [1.54, 1.807) is 0 Å². The fourth-order valence-corrected chi connectivity index (χ4v) is 3.48. The van der Waals surface area contributed by atoms with Crippen molar-refractivity contribution in [3.8, 4) is 0 Å². The summed E-state index contributed by atoms with van der Waals surface area (Å²) in [5.41, 5.74) is 7.56. The highest BCUT2D eigenvalue weighted by molar-refractivity contribution is 6.42. The summed E-state index contributed by atoms with van der Waals surface area (Å²) in [6.07, 6.45) is 6.80. The molecule has 1 aliphatic rings. The molecular weight excluding hydrogens is 265 g/mol. The number of nitrogens with two attached hydrogens (primary N) is 1. The Morgan fingerprint density at radius 3 is 2.89 bits per heavy atom. The third-order valence-corrected chi connectivity index (χ3v) is 4.99. The summed E-state index contributed by atoms with van der Waals surface area (Å²) < 4.78 is 0. The molecule has 2 atom stereocenters. The van der Waals surface area contributed by atoms with E-state index in [-0.39, 0.29) is 5.54 Å². The molecule has 2 unspecified atom stereocenters. The predicted molar refractivity (Wildman–Crippen MR) is 79.3 cm³/mol. The van der Waals surface area contributed by atoms with E-state index in [4.69, 9.17) is 28.9 Å². The molecule has 0 spiro atoms. The SMILES string of the molecule is CCC1CCCC(N)(Cc2cccc(Cl)c2Cl)C1. The van der Waals surface area contributed by atoms with Gasteiger partial charge in [-0.1, -0.05) is 61.5 Å². The molecule has 1 saturated carbocycles. The molecule has 1 fully saturated rings. The molecule has 0 aliphatic heterocycles. The van der Waals surface area contributed by atoms with Gasteiger partial charge in [0, 0.05) is 5.54 Å². The maximum Gasteiger partial charge on any atom is 0.0624 e. The van der Waals surface area contributed by atoms with Gasteiger partial charge in [-0.15, -0.1) is 0 Å². The van der Waals surface area contributed by atoms with Crippen LogP contribution in [0.4, 0.5) is 0 Å². The molecule has 3 heteroatoms. The highest BCUT2D eigenvalue weighted by Gasteiger charge is 2.32. The van der Waals surface area contributed by atoms with Gasteiger partial charge in [0.1, 0.15) is 0 Å². The zero-order valence-corrected chi connectivity index (χ0v) is 12.4. The van der Waals surface area contributed by atoms with Crippen LogP contribution >= 0.6 is 23.2 Å². The zero-order valence-electron chi connectivity index (χ0n) is 10.9. The predicted octanol–water partition coefficient (Wildman–Crippen LogP) is 4.83. The first-order valence-corrected chi connectivity index (χ1v) is 7.51. The molecule has 2 N–H and O–H groups in total. The molecule has 100 valence electrons. The lowest BCUT2D eigenvalue weighted by Crippen LogP contribution is -2.46. The van der Waals surface area contributed by atoms with Gasteiger partial charge in [0.25, 0.3) is 0 Å². The first kappa shape index (κ1) is 14.2. The molecule has 0 aromatic heterocycles. The van der Waals surface area contributed by atoms with E-state index >= 15 is 0 Å². The minimum absolute atomic E-state index is 0.104. The monoisotopic (exact) mass is 285 g/mol. The number of benzene rings is 1. The van der Waals surface area contributed by atoms with E-state index in [9.17, 15) is 0 Å². The van der Waals surface area contributed by atoms with Crippen molar-refractivity contribution in [3.05, 3.63) is 33.8 Å². The van der Waals surface area contributed by atoms with Gasteiger partial charge < -0.3 is 5.73 Å². The van der Waals surface area contributed by atoms with Gasteiger partial charge >= 0.3 is 0 Å². The molecular formula is C15H21Cl2N. The van der Waals surface area contributed by atoms with Crippen LogP contribution in [0.5, 0.6) is 0 Å². The minimum Gasteiger partial charge on any atom is -0.325 e. The van der Waals surface area contributed by atoms with Gasteiger partial charge in [0.2, 0.25) is 0 Å². The molecule has 0 radical (unpaired) electrons. The van der Waals surface area contributed by atoms with Crippen molar-refractivity contribution in [1.82, 2.24) is 0 Å². The average Bonchev–Trinajstić information content (AvgIpc) is 2.35. The van der Waals surface area contributed by atoms with Crippen LogP contribution in [0.25, 0.3) is 0 Å². The van der Waals surface area contributed by atoms with Gasteiger partial charge in [-0.3, -0.25) is 0 Å². The third kappa shape index (κ3) is 3.20. The summed E-state index contributed by atoms with van der Waals surface area (Å²) in [6.45, 7) is 2.25. The van der Waals surface area contributed by atoms with Crippen molar-refractivity contribution >= 4 is 23.2 Å². The van der Waals surface area contributed by atoms with Gasteiger partial charge in [0.15, 0.2) is 0 Å². The maximum absolute atomic E-state index is 6.57. The standard InChI is InChI=1S/C15H21Cl2N/c1-2-11-5-4-8-15(18,9-11)10-12-6-3-7-13(16)14(12)17/h3,6-7,11H,2,4-5,8-10,18H2,1H3. The normalized spacial score (nSPS) is 28.3. The summed E-state index contributed by atoms with van der Waals surface area (Å²) >= 11 is 12.3. The fraction of sp³-hybridized carbons (Fsp3) is 0.600. The van der Waals surface area contributed by atoms with Crippen molar-refractivity contribution in [3.63, 3.8) is 0 Å². The molecule has 2 rings (SSSR count). The molecule has 1 nitrogen and oxygen atoms in total. The van der Waals surface area contributed by atoms with E-state index < -0.39 is 0 Å². The lowest BCUT2D eigenvalue weighted by molar-refractivity contribution is 0.218. The summed E-state index contributed by atoms with van der Waals surface area (Å²) in [7, 11) is 0. The maximum atomic E-state index is 6.57. The van der Waals surface area contributed by atoms with Gasteiger partial charge in [-0.05, 0) is 36.8 Å². The molecule has 0 heterocycles. The molecule has 0 bridgehead atoms. The molecule has 1 aliphatic carbocycles. The second kappa shape index (κ2) is 5.81. The average molecular weight is 286 g/mol. The Kier molecular flexibility index (Phi) is 4.58. The zero-order chi connectivity index (χ0) is 13.2. The van der Waals surface area contributed by atoms with Crippen LogP contribution in [0.1, 0.15) is 44.6 Å². The number of hydrogen-bond donors (Lipinski definition) is 1. The van der Waals surface area contributed by atoms with Crippen LogP contribution in [0.2, 0.25) is 10.0 Å². The summed E-state index contributed by atoms with van der Waals surface area (Å²) in [6, 6.07) is 5.82. The first-order valence-electron chi connectivity index (χ1n) is 6.76. The van der Waals surface area contributed by atoms with Crippen molar-refractivity contribution in [2.75, 3.05) is 0 Å².